The zero-order chi connectivity index (χ0) is 15.6. The van der Waals surface area contributed by atoms with Crippen molar-refractivity contribution in [2.45, 2.75) is 30.7 Å². The normalized spacial score (nSPS) is 28.2. The van der Waals surface area contributed by atoms with Crippen molar-refractivity contribution in [1.82, 2.24) is 0 Å². The van der Waals surface area contributed by atoms with E-state index in [0.717, 1.165) is 11.1 Å². The van der Waals surface area contributed by atoms with Crippen LogP contribution in [0.25, 0.3) is 0 Å². The molecule has 0 bridgehead atoms. The highest BCUT2D eigenvalue weighted by atomic mass is 16.4. The van der Waals surface area contributed by atoms with E-state index in [2.05, 4.69) is 24.3 Å². The van der Waals surface area contributed by atoms with E-state index >= 15 is 0 Å². The molecule has 2 aromatic carbocycles. The molecule has 0 aliphatic heterocycles. The van der Waals surface area contributed by atoms with Crippen LogP contribution in [-0.4, -0.2) is 11.1 Å². The van der Waals surface area contributed by atoms with E-state index in [1.807, 2.05) is 36.4 Å². The number of hydrogen-bond acceptors (Lipinski definition) is 2. The zero-order valence-corrected chi connectivity index (χ0v) is 12.5. The first-order chi connectivity index (χ1) is 10.6. The second kappa shape index (κ2) is 5.93. The van der Waals surface area contributed by atoms with Crippen LogP contribution < -0.4 is 5.73 Å². The minimum absolute atomic E-state index is 0.0194. The summed E-state index contributed by atoms with van der Waals surface area (Å²) in [6.07, 6.45) is 1.91. The summed E-state index contributed by atoms with van der Waals surface area (Å²) in [7, 11) is 0. The van der Waals surface area contributed by atoms with Crippen molar-refractivity contribution in [2.24, 2.45) is 11.7 Å². The molecular weight excluding hydrogens is 274 g/mol. The highest BCUT2D eigenvalue weighted by molar-refractivity contribution is 5.70. The van der Waals surface area contributed by atoms with Crippen LogP contribution in [0.4, 0.5) is 0 Å². The highest BCUT2D eigenvalue weighted by Crippen LogP contribution is 2.47. The minimum Gasteiger partial charge on any atom is -0.481 e. The molecule has 0 heterocycles. The Balaban J connectivity index is 2.02. The summed E-state index contributed by atoms with van der Waals surface area (Å²) in [4.78, 5) is 11.4. The standard InChI is InChI=1S/C19H21NO2/c20-19(16-9-5-2-6-10-16)12-11-15(18(21)22)13-17(19)14-7-3-1-4-8-14/h1-10,15,17H,11-13,20H2,(H,21,22). The van der Waals surface area contributed by atoms with Crippen LogP contribution in [0.5, 0.6) is 0 Å². The first-order valence-corrected chi connectivity index (χ1v) is 7.73. The van der Waals surface area contributed by atoms with Gasteiger partial charge in [-0.2, -0.15) is 0 Å². The largest absolute Gasteiger partial charge is 0.481 e. The number of hydrogen-bond donors (Lipinski definition) is 2. The molecule has 0 radical (unpaired) electrons. The van der Waals surface area contributed by atoms with Gasteiger partial charge < -0.3 is 10.8 Å². The summed E-state index contributed by atoms with van der Waals surface area (Å²) in [6, 6.07) is 20.1. The summed E-state index contributed by atoms with van der Waals surface area (Å²) in [5.74, 6) is -1.01. The van der Waals surface area contributed by atoms with Crippen molar-refractivity contribution in [2.75, 3.05) is 0 Å². The van der Waals surface area contributed by atoms with Crippen LogP contribution in [0.1, 0.15) is 36.3 Å². The van der Waals surface area contributed by atoms with Crippen molar-refractivity contribution >= 4 is 5.97 Å². The smallest absolute Gasteiger partial charge is 0.306 e. The SMILES string of the molecule is NC1(c2ccccc2)CCC(C(=O)O)CC1c1ccccc1. The van der Waals surface area contributed by atoms with E-state index in [1.165, 1.54) is 0 Å². The van der Waals surface area contributed by atoms with Gasteiger partial charge in [0.05, 0.1) is 5.92 Å². The van der Waals surface area contributed by atoms with Crippen molar-refractivity contribution in [3.63, 3.8) is 0 Å². The minimum atomic E-state index is -0.712. The molecule has 0 spiro atoms. The lowest BCUT2D eigenvalue weighted by molar-refractivity contribution is -0.143. The molecule has 1 aliphatic rings. The molecular formula is C19H21NO2. The van der Waals surface area contributed by atoms with Crippen molar-refractivity contribution < 1.29 is 9.90 Å². The molecule has 3 atom stereocenters. The molecule has 0 saturated heterocycles. The Morgan fingerprint density at radius 3 is 2.23 bits per heavy atom. The molecule has 2 aromatic rings. The fourth-order valence-corrected chi connectivity index (χ4v) is 3.64. The Kier molecular flexibility index (Phi) is 3.99. The van der Waals surface area contributed by atoms with Gasteiger partial charge >= 0.3 is 5.97 Å². The van der Waals surface area contributed by atoms with Gasteiger partial charge in [0, 0.05) is 11.5 Å². The summed E-state index contributed by atoms with van der Waals surface area (Å²) >= 11 is 0. The molecule has 1 fully saturated rings. The monoisotopic (exact) mass is 295 g/mol. The van der Waals surface area contributed by atoms with Crippen molar-refractivity contribution in [1.29, 1.82) is 0 Å². The predicted octanol–water partition coefficient (Wildman–Crippen LogP) is 3.51. The van der Waals surface area contributed by atoms with Gasteiger partial charge in [0.25, 0.3) is 0 Å². The molecule has 114 valence electrons. The van der Waals surface area contributed by atoms with Crippen LogP contribution in [0.15, 0.2) is 60.7 Å². The number of carboxylic acid groups (broad SMARTS) is 1. The summed E-state index contributed by atoms with van der Waals surface area (Å²) in [5.41, 5.74) is 8.54. The number of nitrogens with two attached hydrogens (primary N) is 1. The number of aliphatic carboxylic acids is 1. The second-order valence-corrected chi connectivity index (χ2v) is 6.18. The van der Waals surface area contributed by atoms with Gasteiger partial charge in [0.2, 0.25) is 0 Å². The molecule has 3 unspecified atom stereocenters. The Labute approximate surface area is 130 Å². The third kappa shape index (κ3) is 2.64. The number of benzene rings is 2. The maximum Gasteiger partial charge on any atom is 0.306 e. The average molecular weight is 295 g/mol. The number of carbonyl (C=O) groups is 1. The molecule has 3 rings (SSSR count). The fourth-order valence-electron chi connectivity index (χ4n) is 3.64. The predicted molar refractivity (Wildman–Crippen MR) is 86.5 cm³/mol. The van der Waals surface area contributed by atoms with Gasteiger partial charge in [0.1, 0.15) is 0 Å². The summed E-state index contributed by atoms with van der Waals surface area (Å²) < 4.78 is 0. The topological polar surface area (TPSA) is 63.3 Å². The lowest BCUT2D eigenvalue weighted by Crippen LogP contribution is -2.47. The first-order valence-electron chi connectivity index (χ1n) is 7.73. The maximum absolute atomic E-state index is 11.4. The van der Waals surface area contributed by atoms with E-state index in [9.17, 15) is 9.90 Å². The fraction of sp³-hybridized carbons (Fsp3) is 0.316. The van der Waals surface area contributed by atoms with Crippen LogP contribution in [0.2, 0.25) is 0 Å². The Bertz CT molecular complexity index is 641. The summed E-state index contributed by atoms with van der Waals surface area (Å²) in [6.45, 7) is 0. The van der Waals surface area contributed by atoms with E-state index < -0.39 is 11.5 Å². The van der Waals surface area contributed by atoms with E-state index in [4.69, 9.17) is 5.73 Å². The molecule has 22 heavy (non-hydrogen) atoms. The van der Waals surface area contributed by atoms with Gasteiger partial charge in [-0.3, -0.25) is 4.79 Å². The number of rotatable bonds is 3. The Hall–Kier alpha value is -2.13. The molecule has 3 N–H and O–H groups in total. The van der Waals surface area contributed by atoms with Gasteiger partial charge in [-0.15, -0.1) is 0 Å². The highest BCUT2D eigenvalue weighted by Gasteiger charge is 2.44. The first kappa shape index (κ1) is 14.8. The molecule has 1 saturated carbocycles. The van der Waals surface area contributed by atoms with Gasteiger partial charge in [-0.25, -0.2) is 0 Å². The molecule has 3 heteroatoms. The third-order valence-corrected chi connectivity index (χ3v) is 4.91. The summed E-state index contributed by atoms with van der Waals surface area (Å²) in [5, 5.41) is 9.40. The molecule has 3 nitrogen and oxygen atoms in total. The quantitative estimate of drug-likeness (QED) is 0.910. The lowest BCUT2D eigenvalue weighted by Gasteiger charge is -2.44. The molecule has 0 amide bonds. The van der Waals surface area contributed by atoms with Gasteiger partial charge in [-0.05, 0) is 30.4 Å². The third-order valence-electron chi connectivity index (χ3n) is 4.91. The molecule has 0 aromatic heterocycles. The van der Waals surface area contributed by atoms with Crippen LogP contribution in [0, 0.1) is 5.92 Å². The number of carboxylic acids is 1. The van der Waals surface area contributed by atoms with Crippen LogP contribution in [0.3, 0.4) is 0 Å². The van der Waals surface area contributed by atoms with Crippen molar-refractivity contribution in [3.05, 3.63) is 71.8 Å². The van der Waals surface area contributed by atoms with Crippen molar-refractivity contribution in [3.8, 4) is 0 Å². The van der Waals surface area contributed by atoms with E-state index in [-0.39, 0.29) is 11.8 Å². The van der Waals surface area contributed by atoms with E-state index in [0.29, 0.717) is 19.3 Å². The molecule has 1 aliphatic carbocycles. The second-order valence-electron chi connectivity index (χ2n) is 6.18. The zero-order valence-electron chi connectivity index (χ0n) is 12.5. The average Bonchev–Trinajstić information content (AvgIpc) is 2.56. The lowest BCUT2D eigenvalue weighted by atomic mass is 9.64. The Morgan fingerprint density at radius 2 is 1.64 bits per heavy atom. The van der Waals surface area contributed by atoms with Crippen LogP contribution in [-0.2, 0) is 10.3 Å². The van der Waals surface area contributed by atoms with Crippen LogP contribution >= 0.6 is 0 Å². The van der Waals surface area contributed by atoms with Gasteiger partial charge in [-0.1, -0.05) is 60.7 Å². The van der Waals surface area contributed by atoms with Gasteiger partial charge in [0.15, 0.2) is 0 Å². The maximum atomic E-state index is 11.4. The Morgan fingerprint density at radius 1 is 1.05 bits per heavy atom. The van der Waals surface area contributed by atoms with E-state index in [1.54, 1.807) is 0 Å².